The molecule has 1 aliphatic rings. The molecule has 1 aromatic heterocycles. The summed E-state index contributed by atoms with van der Waals surface area (Å²) in [7, 11) is -1.96. The van der Waals surface area contributed by atoms with Crippen LogP contribution in [0.1, 0.15) is 12.2 Å². The summed E-state index contributed by atoms with van der Waals surface area (Å²) >= 11 is 0. The second kappa shape index (κ2) is 4.61. The van der Waals surface area contributed by atoms with E-state index in [1.807, 2.05) is 0 Å². The predicted octanol–water partition coefficient (Wildman–Crippen LogP) is -0.842. The Balaban J connectivity index is 2.08. The van der Waals surface area contributed by atoms with Gasteiger partial charge in [0.05, 0.1) is 6.61 Å². The standard InChI is InChI=1S/C10H17N3O4S/c1-8-12-9(5-13(8)2)18(15,16)11-6-10(14)3-4-17-7-10/h5,11,14H,3-4,6-7H2,1-2H3. The minimum atomic E-state index is -3.69. The van der Waals surface area contributed by atoms with Gasteiger partial charge in [-0.2, -0.15) is 0 Å². The van der Waals surface area contributed by atoms with Crippen molar-refractivity contribution < 1.29 is 18.3 Å². The molecule has 7 nitrogen and oxygen atoms in total. The van der Waals surface area contributed by atoms with E-state index < -0.39 is 15.6 Å². The van der Waals surface area contributed by atoms with E-state index in [1.54, 1.807) is 18.5 Å². The number of hydrogen-bond acceptors (Lipinski definition) is 5. The lowest BCUT2D eigenvalue weighted by Gasteiger charge is -2.20. The highest BCUT2D eigenvalue weighted by Gasteiger charge is 2.34. The van der Waals surface area contributed by atoms with Crippen LogP contribution < -0.4 is 4.72 Å². The van der Waals surface area contributed by atoms with Crippen LogP contribution in [-0.4, -0.2) is 48.4 Å². The lowest BCUT2D eigenvalue weighted by atomic mass is 10.1. The van der Waals surface area contributed by atoms with Gasteiger partial charge in [0.15, 0.2) is 5.03 Å². The van der Waals surface area contributed by atoms with Gasteiger partial charge in [-0.1, -0.05) is 0 Å². The number of hydrogen-bond donors (Lipinski definition) is 2. The fraction of sp³-hybridized carbons (Fsp3) is 0.700. The second-order valence-electron chi connectivity index (χ2n) is 4.59. The summed E-state index contributed by atoms with van der Waals surface area (Å²) in [5.41, 5.74) is -1.11. The first-order valence-electron chi connectivity index (χ1n) is 5.62. The van der Waals surface area contributed by atoms with Crippen molar-refractivity contribution in [1.82, 2.24) is 14.3 Å². The summed E-state index contributed by atoms with van der Waals surface area (Å²) < 4.78 is 33.0. The molecule has 102 valence electrons. The predicted molar refractivity (Wildman–Crippen MR) is 63.5 cm³/mol. The quantitative estimate of drug-likeness (QED) is 0.747. The molecule has 8 heteroatoms. The molecule has 1 fully saturated rings. The zero-order chi connectivity index (χ0) is 13.4. The number of imidazole rings is 1. The SMILES string of the molecule is Cc1nc(S(=O)(=O)NCC2(O)CCOC2)cn1C. The van der Waals surface area contributed by atoms with Gasteiger partial charge in [0, 0.05) is 32.8 Å². The summed E-state index contributed by atoms with van der Waals surface area (Å²) in [6, 6.07) is 0. The van der Waals surface area contributed by atoms with Gasteiger partial charge in [0.1, 0.15) is 11.4 Å². The fourth-order valence-corrected chi connectivity index (χ4v) is 2.85. The highest BCUT2D eigenvalue weighted by Crippen LogP contribution is 2.18. The first-order valence-corrected chi connectivity index (χ1v) is 7.10. The Morgan fingerprint density at radius 3 is 2.89 bits per heavy atom. The van der Waals surface area contributed by atoms with Gasteiger partial charge in [-0.25, -0.2) is 18.1 Å². The zero-order valence-corrected chi connectivity index (χ0v) is 11.2. The maximum Gasteiger partial charge on any atom is 0.259 e. The third-order valence-electron chi connectivity index (χ3n) is 3.04. The molecule has 0 saturated carbocycles. The largest absolute Gasteiger partial charge is 0.386 e. The van der Waals surface area contributed by atoms with Gasteiger partial charge in [-0.05, 0) is 6.92 Å². The molecule has 0 aromatic carbocycles. The number of aliphatic hydroxyl groups is 1. The van der Waals surface area contributed by atoms with Crippen molar-refractivity contribution >= 4 is 10.0 Å². The molecule has 1 saturated heterocycles. The van der Waals surface area contributed by atoms with Crippen LogP contribution in [0.4, 0.5) is 0 Å². The smallest absolute Gasteiger partial charge is 0.259 e. The molecule has 0 amide bonds. The van der Waals surface area contributed by atoms with Gasteiger partial charge in [0.25, 0.3) is 10.0 Å². The van der Waals surface area contributed by atoms with Crippen molar-refractivity contribution in [2.75, 3.05) is 19.8 Å². The average Bonchev–Trinajstić information content (AvgIpc) is 2.86. The van der Waals surface area contributed by atoms with Crippen LogP contribution in [0.2, 0.25) is 0 Å². The van der Waals surface area contributed by atoms with Gasteiger partial charge < -0.3 is 14.4 Å². The van der Waals surface area contributed by atoms with E-state index in [0.29, 0.717) is 18.9 Å². The van der Waals surface area contributed by atoms with E-state index in [1.165, 1.54) is 6.20 Å². The molecule has 0 aliphatic carbocycles. The monoisotopic (exact) mass is 275 g/mol. The molecule has 0 bridgehead atoms. The Hall–Kier alpha value is -0.960. The molecular weight excluding hydrogens is 258 g/mol. The van der Waals surface area contributed by atoms with Crippen molar-refractivity contribution in [2.24, 2.45) is 7.05 Å². The molecule has 1 atom stereocenters. The number of nitrogens with one attached hydrogen (secondary N) is 1. The first kappa shape index (κ1) is 13.5. The highest BCUT2D eigenvalue weighted by atomic mass is 32.2. The van der Waals surface area contributed by atoms with Crippen molar-refractivity contribution in [3.05, 3.63) is 12.0 Å². The summed E-state index contributed by atoms with van der Waals surface area (Å²) in [6.45, 7) is 2.25. The third kappa shape index (κ3) is 2.72. The van der Waals surface area contributed by atoms with Crippen LogP contribution in [-0.2, 0) is 21.8 Å². The van der Waals surface area contributed by atoms with E-state index in [2.05, 4.69) is 9.71 Å². The van der Waals surface area contributed by atoms with Crippen LogP contribution in [0.5, 0.6) is 0 Å². The molecule has 1 unspecified atom stereocenters. The lowest BCUT2D eigenvalue weighted by Crippen LogP contribution is -2.43. The Morgan fingerprint density at radius 2 is 2.39 bits per heavy atom. The second-order valence-corrected chi connectivity index (χ2v) is 6.30. The van der Waals surface area contributed by atoms with E-state index in [4.69, 9.17) is 4.74 Å². The van der Waals surface area contributed by atoms with Crippen LogP contribution in [0.3, 0.4) is 0 Å². The first-order chi connectivity index (χ1) is 8.32. The third-order valence-corrected chi connectivity index (χ3v) is 4.31. The number of aromatic nitrogens is 2. The van der Waals surface area contributed by atoms with Crippen molar-refractivity contribution in [3.8, 4) is 0 Å². The van der Waals surface area contributed by atoms with E-state index in [-0.39, 0.29) is 18.2 Å². The number of aryl methyl sites for hydroxylation is 2. The minimum absolute atomic E-state index is 0.0370. The molecule has 1 aromatic rings. The van der Waals surface area contributed by atoms with Crippen LogP contribution in [0, 0.1) is 6.92 Å². The Kier molecular flexibility index (Phi) is 3.45. The summed E-state index contributed by atoms with van der Waals surface area (Å²) in [4.78, 5) is 3.95. The maximum atomic E-state index is 12.0. The number of rotatable bonds is 4. The molecule has 2 rings (SSSR count). The van der Waals surface area contributed by atoms with Gasteiger partial charge in [-0.3, -0.25) is 0 Å². The van der Waals surface area contributed by atoms with Crippen LogP contribution >= 0.6 is 0 Å². The van der Waals surface area contributed by atoms with Crippen molar-refractivity contribution in [3.63, 3.8) is 0 Å². The molecule has 0 spiro atoms. The van der Waals surface area contributed by atoms with Crippen LogP contribution in [0.25, 0.3) is 0 Å². The summed E-state index contributed by atoms with van der Waals surface area (Å²) in [5, 5.41) is 9.95. The average molecular weight is 275 g/mol. The zero-order valence-electron chi connectivity index (χ0n) is 10.4. The van der Waals surface area contributed by atoms with Crippen molar-refractivity contribution in [1.29, 1.82) is 0 Å². The van der Waals surface area contributed by atoms with Gasteiger partial charge in [-0.15, -0.1) is 0 Å². The van der Waals surface area contributed by atoms with Crippen LogP contribution in [0.15, 0.2) is 11.2 Å². The van der Waals surface area contributed by atoms with Gasteiger partial charge >= 0.3 is 0 Å². The molecule has 2 N–H and O–H groups in total. The Bertz CT molecular complexity index is 512. The normalized spacial score (nSPS) is 24.6. The topological polar surface area (TPSA) is 93.5 Å². The summed E-state index contributed by atoms with van der Waals surface area (Å²) in [5.74, 6) is 0.610. The molecular formula is C10H17N3O4S. The fourth-order valence-electron chi connectivity index (χ4n) is 1.69. The molecule has 2 heterocycles. The number of nitrogens with zero attached hydrogens (tertiary/aromatic N) is 2. The van der Waals surface area contributed by atoms with Gasteiger partial charge in [0.2, 0.25) is 0 Å². The number of sulfonamides is 1. The molecule has 0 radical (unpaired) electrons. The van der Waals surface area contributed by atoms with E-state index in [9.17, 15) is 13.5 Å². The lowest BCUT2D eigenvalue weighted by molar-refractivity contribution is 0.0314. The van der Waals surface area contributed by atoms with Crippen molar-refractivity contribution in [2.45, 2.75) is 24.0 Å². The maximum absolute atomic E-state index is 12.0. The molecule has 1 aliphatic heterocycles. The Labute approximate surface area is 106 Å². The minimum Gasteiger partial charge on any atom is -0.386 e. The van der Waals surface area contributed by atoms with E-state index in [0.717, 1.165) is 0 Å². The Morgan fingerprint density at radius 1 is 1.67 bits per heavy atom. The van der Waals surface area contributed by atoms with E-state index >= 15 is 0 Å². The highest BCUT2D eigenvalue weighted by molar-refractivity contribution is 7.89. The number of ether oxygens (including phenoxy) is 1. The molecule has 18 heavy (non-hydrogen) atoms. The summed E-state index contributed by atoms with van der Waals surface area (Å²) in [6.07, 6.45) is 1.86.